The Morgan fingerprint density at radius 3 is 2.88 bits per heavy atom. The van der Waals surface area contributed by atoms with Gasteiger partial charge in [0.15, 0.2) is 5.82 Å². The molecule has 1 heterocycles. The smallest absolute Gasteiger partial charge is 0.164 e. The third-order valence-electron chi connectivity index (χ3n) is 1.91. The predicted molar refractivity (Wildman–Crippen MR) is 65.9 cm³/mol. The van der Waals surface area contributed by atoms with Crippen LogP contribution in [0.1, 0.15) is 5.01 Å². The average Bonchev–Trinajstić information content (AvgIpc) is 2.67. The van der Waals surface area contributed by atoms with Gasteiger partial charge in [-0.05, 0) is 12.1 Å². The van der Waals surface area contributed by atoms with Gasteiger partial charge in [-0.2, -0.15) is 0 Å². The zero-order valence-electron chi connectivity index (χ0n) is 8.01. The molecule has 2 nitrogen and oxygen atoms in total. The number of hydrogen-bond donors (Lipinski definition) is 1. The van der Waals surface area contributed by atoms with Crippen molar-refractivity contribution in [2.45, 2.75) is 6.54 Å². The first kappa shape index (κ1) is 11.6. The van der Waals surface area contributed by atoms with E-state index < -0.39 is 5.82 Å². The van der Waals surface area contributed by atoms with Crippen molar-refractivity contribution in [1.29, 1.82) is 0 Å². The first-order valence-electron chi connectivity index (χ1n) is 4.45. The van der Waals surface area contributed by atoms with E-state index in [1.165, 1.54) is 17.4 Å². The summed E-state index contributed by atoms with van der Waals surface area (Å²) in [6.07, 6.45) is 1.57. The highest BCUT2D eigenvalue weighted by atomic mass is 35.5. The van der Waals surface area contributed by atoms with Crippen LogP contribution in [0.2, 0.25) is 9.36 Å². The molecule has 0 saturated carbocycles. The van der Waals surface area contributed by atoms with Gasteiger partial charge in [0.2, 0.25) is 0 Å². The molecule has 2 rings (SSSR count). The molecule has 2 aromatic rings. The van der Waals surface area contributed by atoms with Crippen LogP contribution in [0.4, 0.5) is 10.1 Å². The average molecular weight is 277 g/mol. The summed E-state index contributed by atoms with van der Waals surface area (Å²) in [5.41, 5.74) is 0.360. The number of halogens is 3. The molecule has 0 unspecified atom stereocenters. The summed E-state index contributed by atoms with van der Waals surface area (Å²) in [7, 11) is 0. The van der Waals surface area contributed by atoms with Crippen molar-refractivity contribution in [1.82, 2.24) is 4.98 Å². The molecule has 0 fully saturated rings. The highest BCUT2D eigenvalue weighted by Crippen LogP contribution is 2.24. The van der Waals surface area contributed by atoms with E-state index in [4.69, 9.17) is 23.2 Å². The quantitative estimate of drug-likeness (QED) is 0.909. The highest BCUT2D eigenvalue weighted by molar-refractivity contribution is 7.15. The molecule has 1 aromatic heterocycles. The lowest BCUT2D eigenvalue weighted by Crippen LogP contribution is -2.00. The Labute approximate surface area is 106 Å². The summed E-state index contributed by atoms with van der Waals surface area (Å²) in [6, 6.07) is 4.81. The van der Waals surface area contributed by atoms with Gasteiger partial charge < -0.3 is 5.32 Å². The summed E-state index contributed by atoms with van der Waals surface area (Å²) >= 11 is 12.7. The van der Waals surface area contributed by atoms with Crippen LogP contribution >= 0.6 is 34.5 Å². The Morgan fingerprint density at radius 1 is 1.38 bits per heavy atom. The number of thiazole rings is 1. The van der Waals surface area contributed by atoms with Crippen LogP contribution in [-0.2, 0) is 6.54 Å². The predicted octanol–water partition coefficient (Wildman–Crippen LogP) is 4.20. The topological polar surface area (TPSA) is 24.9 Å². The Hall–Kier alpha value is -0.840. The van der Waals surface area contributed by atoms with Crippen LogP contribution in [0.15, 0.2) is 24.4 Å². The van der Waals surface area contributed by atoms with Gasteiger partial charge in [0.05, 0.1) is 23.5 Å². The van der Waals surface area contributed by atoms with Crippen molar-refractivity contribution in [3.05, 3.63) is 44.6 Å². The van der Waals surface area contributed by atoms with Crippen LogP contribution in [-0.4, -0.2) is 4.98 Å². The molecule has 0 bridgehead atoms. The number of benzene rings is 1. The zero-order chi connectivity index (χ0) is 11.5. The molecule has 0 amide bonds. The van der Waals surface area contributed by atoms with Crippen molar-refractivity contribution >= 4 is 40.2 Å². The molecule has 84 valence electrons. The lowest BCUT2D eigenvalue weighted by molar-refractivity contribution is 0.630. The number of aromatic nitrogens is 1. The Balaban J connectivity index is 2.07. The minimum Gasteiger partial charge on any atom is -0.376 e. The second-order valence-corrected chi connectivity index (χ2v) is 5.17. The van der Waals surface area contributed by atoms with Gasteiger partial charge in [-0.25, -0.2) is 9.37 Å². The molecule has 0 aliphatic carbocycles. The molecule has 1 aromatic carbocycles. The molecule has 16 heavy (non-hydrogen) atoms. The summed E-state index contributed by atoms with van der Waals surface area (Å²) in [6.45, 7) is 0.425. The van der Waals surface area contributed by atoms with Gasteiger partial charge in [0.25, 0.3) is 0 Å². The zero-order valence-corrected chi connectivity index (χ0v) is 10.3. The third-order valence-corrected chi connectivity index (χ3v) is 3.31. The maximum atomic E-state index is 13.5. The van der Waals surface area contributed by atoms with Crippen LogP contribution < -0.4 is 5.32 Å². The Morgan fingerprint density at radius 2 is 2.19 bits per heavy atom. The van der Waals surface area contributed by atoms with Gasteiger partial charge in [-0.3, -0.25) is 0 Å². The fourth-order valence-electron chi connectivity index (χ4n) is 1.18. The largest absolute Gasteiger partial charge is 0.376 e. The van der Waals surface area contributed by atoms with Gasteiger partial charge in [0.1, 0.15) is 9.34 Å². The molecular weight excluding hydrogens is 270 g/mol. The summed E-state index contributed by atoms with van der Waals surface area (Å²) in [5.74, 6) is -0.452. The molecule has 1 N–H and O–H groups in total. The van der Waals surface area contributed by atoms with E-state index in [-0.39, 0.29) is 5.02 Å². The van der Waals surface area contributed by atoms with Crippen LogP contribution in [0, 0.1) is 5.82 Å². The minimum absolute atomic E-state index is 0.0992. The van der Waals surface area contributed by atoms with Crippen molar-refractivity contribution in [2.75, 3.05) is 5.32 Å². The number of nitrogens with zero attached hydrogens (tertiary/aromatic N) is 1. The molecule has 0 spiro atoms. The molecule has 0 aliphatic rings. The van der Waals surface area contributed by atoms with Gasteiger partial charge >= 0.3 is 0 Å². The van der Waals surface area contributed by atoms with Crippen molar-refractivity contribution in [2.24, 2.45) is 0 Å². The fraction of sp³-hybridized carbons (Fsp3) is 0.100. The molecule has 6 heteroatoms. The molecule has 0 saturated heterocycles. The standard InChI is InChI=1S/C10H7Cl2FN2S/c11-6-2-1-3-7(10(6)13)14-5-9-15-4-8(12)16-9/h1-4,14H,5H2. The minimum atomic E-state index is -0.452. The first-order chi connectivity index (χ1) is 7.66. The molecule has 0 aliphatic heterocycles. The first-order valence-corrected chi connectivity index (χ1v) is 6.02. The maximum absolute atomic E-state index is 13.5. The summed E-state index contributed by atoms with van der Waals surface area (Å²) in [5, 5.41) is 3.81. The summed E-state index contributed by atoms with van der Waals surface area (Å²) < 4.78 is 14.1. The second kappa shape index (κ2) is 4.99. The van der Waals surface area contributed by atoms with Crippen molar-refractivity contribution in [3.8, 4) is 0 Å². The number of hydrogen-bond acceptors (Lipinski definition) is 3. The summed E-state index contributed by atoms with van der Waals surface area (Å²) in [4.78, 5) is 4.05. The van der Waals surface area contributed by atoms with Crippen molar-refractivity contribution in [3.63, 3.8) is 0 Å². The monoisotopic (exact) mass is 276 g/mol. The van der Waals surface area contributed by atoms with E-state index >= 15 is 0 Å². The van der Waals surface area contributed by atoms with Crippen molar-refractivity contribution < 1.29 is 4.39 Å². The van der Waals surface area contributed by atoms with E-state index in [2.05, 4.69) is 10.3 Å². The lowest BCUT2D eigenvalue weighted by Gasteiger charge is -2.06. The molecule has 0 atom stereocenters. The van der Waals surface area contributed by atoms with Gasteiger partial charge in [0, 0.05) is 0 Å². The van der Waals surface area contributed by atoms with E-state index in [1.54, 1.807) is 18.3 Å². The number of rotatable bonds is 3. The normalized spacial score (nSPS) is 10.4. The van der Waals surface area contributed by atoms with Crippen LogP contribution in [0.3, 0.4) is 0 Å². The molecule has 0 radical (unpaired) electrons. The van der Waals surface area contributed by atoms with Crippen LogP contribution in [0.5, 0.6) is 0 Å². The lowest BCUT2D eigenvalue weighted by atomic mass is 10.3. The number of nitrogens with one attached hydrogen (secondary N) is 1. The molecular formula is C10H7Cl2FN2S. The SMILES string of the molecule is Fc1c(Cl)cccc1NCc1ncc(Cl)s1. The van der Waals surface area contributed by atoms with E-state index in [0.717, 1.165) is 5.01 Å². The van der Waals surface area contributed by atoms with E-state index in [1.807, 2.05) is 0 Å². The fourth-order valence-corrected chi connectivity index (χ4v) is 2.25. The second-order valence-electron chi connectivity index (χ2n) is 3.01. The van der Waals surface area contributed by atoms with Gasteiger partial charge in [-0.15, -0.1) is 11.3 Å². The maximum Gasteiger partial charge on any atom is 0.164 e. The highest BCUT2D eigenvalue weighted by Gasteiger charge is 2.06. The van der Waals surface area contributed by atoms with E-state index in [0.29, 0.717) is 16.6 Å². The van der Waals surface area contributed by atoms with Gasteiger partial charge in [-0.1, -0.05) is 29.3 Å². The number of anilines is 1. The van der Waals surface area contributed by atoms with Crippen LogP contribution in [0.25, 0.3) is 0 Å². The third kappa shape index (κ3) is 2.64. The Bertz CT molecular complexity index is 501. The van der Waals surface area contributed by atoms with E-state index in [9.17, 15) is 4.39 Å². The Kier molecular flexibility index (Phi) is 3.63.